The number of Topliss-reactive ketones (excluding diaryl/α,β-unsaturated/α-hetero) is 1. The highest BCUT2D eigenvalue weighted by molar-refractivity contribution is 9.10. The molecule has 2 fully saturated rings. The normalized spacial score (nSPS) is 31.2. The lowest BCUT2D eigenvalue weighted by Crippen LogP contribution is -2.40. The Hall–Kier alpha value is -0.790. The Morgan fingerprint density at radius 2 is 2.04 bits per heavy atom. The molecule has 5 nitrogen and oxygen atoms in total. The number of carbonyl (C=O) groups is 1. The Bertz CT molecular complexity index is 603. The van der Waals surface area contributed by atoms with Gasteiger partial charge in [0.25, 0.3) is 0 Å². The van der Waals surface area contributed by atoms with Crippen molar-refractivity contribution in [1.29, 1.82) is 0 Å². The summed E-state index contributed by atoms with van der Waals surface area (Å²) in [4.78, 5) is 12.4. The van der Waals surface area contributed by atoms with Crippen LogP contribution in [0.1, 0.15) is 39.2 Å². The standard InChI is InChI=1S/C18H23BrO5/c1-4-7-13(20)14-15(16-17(22-14)24-18(2,3)23-16)21-10-11-8-5-6-9-12(11)19/h5-6,8-9,14-17H,4,7,10H2,1-3H3/t14-,15+,16-,17-/m1/s1. The second-order valence-corrected chi connectivity index (χ2v) is 7.46. The predicted octanol–water partition coefficient (Wildman–Crippen LogP) is 3.58. The highest BCUT2D eigenvalue weighted by Gasteiger charge is 2.57. The van der Waals surface area contributed by atoms with Crippen LogP contribution in [-0.2, 0) is 30.3 Å². The summed E-state index contributed by atoms with van der Waals surface area (Å²) in [6.45, 7) is 6.02. The van der Waals surface area contributed by atoms with E-state index in [-0.39, 0.29) is 5.78 Å². The van der Waals surface area contributed by atoms with Crippen molar-refractivity contribution in [3.05, 3.63) is 34.3 Å². The molecule has 0 aliphatic carbocycles. The summed E-state index contributed by atoms with van der Waals surface area (Å²) < 4.78 is 24.6. The number of hydrogen-bond acceptors (Lipinski definition) is 5. The molecule has 4 atom stereocenters. The van der Waals surface area contributed by atoms with Crippen molar-refractivity contribution in [2.24, 2.45) is 0 Å². The van der Waals surface area contributed by atoms with Crippen molar-refractivity contribution in [2.75, 3.05) is 0 Å². The number of benzene rings is 1. The monoisotopic (exact) mass is 398 g/mol. The summed E-state index contributed by atoms with van der Waals surface area (Å²) in [6, 6.07) is 7.85. The molecule has 0 N–H and O–H groups in total. The Labute approximate surface area is 150 Å². The van der Waals surface area contributed by atoms with E-state index in [1.54, 1.807) is 0 Å². The number of halogens is 1. The number of fused-ring (bicyclic) bond motifs is 1. The summed E-state index contributed by atoms with van der Waals surface area (Å²) in [5.41, 5.74) is 1.01. The highest BCUT2D eigenvalue weighted by Crippen LogP contribution is 2.39. The topological polar surface area (TPSA) is 54.0 Å². The van der Waals surface area contributed by atoms with Gasteiger partial charge in [0.05, 0.1) is 6.61 Å². The Kier molecular flexibility index (Phi) is 5.42. The van der Waals surface area contributed by atoms with Crippen LogP contribution in [0.5, 0.6) is 0 Å². The zero-order chi connectivity index (χ0) is 17.3. The van der Waals surface area contributed by atoms with E-state index >= 15 is 0 Å². The van der Waals surface area contributed by atoms with Crippen LogP contribution >= 0.6 is 15.9 Å². The summed E-state index contributed by atoms with van der Waals surface area (Å²) in [6.07, 6.45) is -0.828. The minimum Gasteiger partial charge on any atom is -0.367 e. The molecule has 0 unspecified atom stereocenters. The van der Waals surface area contributed by atoms with Gasteiger partial charge in [0.15, 0.2) is 17.9 Å². The molecular formula is C18H23BrO5. The summed E-state index contributed by atoms with van der Waals surface area (Å²) in [5.74, 6) is -0.697. The SMILES string of the molecule is CCCC(=O)[C@H]1O[C@@H]2OC(C)(C)O[C@@H]2[C@H]1OCc1ccccc1Br. The highest BCUT2D eigenvalue weighted by atomic mass is 79.9. The maximum absolute atomic E-state index is 12.4. The first kappa shape index (κ1) is 18.0. The van der Waals surface area contributed by atoms with E-state index in [0.717, 1.165) is 16.5 Å². The summed E-state index contributed by atoms with van der Waals surface area (Å²) in [7, 11) is 0. The molecule has 2 heterocycles. The molecule has 2 aliphatic heterocycles. The van der Waals surface area contributed by atoms with Crippen LogP contribution in [0.3, 0.4) is 0 Å². The second kappa shape index (κ2) is 7.22. The molecule has 0 amide bonds. The van der Waals surface area contributed by atoms with E-state index in [2.05, 4.69) is 15.9 Å². The van der Waals surface area contributed by atoms with Crippen molar-refractivity contribution in [3.8, 4) is 0 Å². The largest absolute Gasteiger partial charge is 0.367 e. The predicted molar refractivity (Wildman–Crippen MR) is 91.3 cm³/mol. The average molecular weight is 399 g/mol. The summed E-state index contributed by atoms with van der Waals surface area (Å²) >= 11 is 3.52. The number of hydrogen-bond donors (Lipinski definition) is 0. The van der Waals surface area contributed by atoms with Gasteiger partial charge in [-0.3, -0.25) is 4.79 Å². The van der Waals surface area contributed by atoms with Gasteiger partial charge in [0.1, 0.15) is 18.3 Å². The molecule has 0 radical (unpaired) electrons. The zero-order valence-corrected chi connectivity index (χ0v) is 15.7. The van der Waals surface area contributed by atoms with Crippen LogP contribution < -0.4 is 0 Å². The summed E-state index contributed by atoms with van der Waals surface area (Å²) in [5, 5.41) is 0. The number of ketones is 1. The zero-order valence-electron chi connectivity index (χ0n) is 14.2. The average Bonchev–Trinajstić information content (AvgIpc) is 2.99. The maximum Gasteiger partial charge on any atom is 0.190 e. The molecule has 132 valence electrons. The molecule has 1 aromatic carbocycles. The van der Waals surface area contributed by atoms with Gasteiger partial charge in [-0.25, -0.2) is 0 Å². The van der Waals surface area contributed by atoms with Crippen molar-refractivity contribution in [1.82, 2.24) is 0 Å². The maximum atomic E-state index is 12.4. The lowest BCUT2D eigenvalue weighted by Gasteiger charge is -2.25. The van der Waals surface area contributed by atoms with Gasteiger partial charge in [-0.05, 0) is 31.9 Å². The minimum atomic E-state index is -0.733. The van der Waals surface area contributed by atoms with E-state index in [1.807, 2.05) is 45.0 Å². The van der Waals surface area contributed by atoms with Gasteiger partial charge in [0.2, 0.25) is 0 Å². The molecule has 3 rings (SSSR count). The molecule has 1 aromatic rings. The van der Waals surface area contributed by atoms with Crippen LogP contribution in [0.15, 0.2) is 28.7 Å². The molecule has 2 aliphatic rings. The number of carbonyl (C=O) groups excluding carboxylic acids is 1. The van der Waals surface area contributed by atoms with Gasteiger partial charge >= 0.3 is 0 Å². The van der Waals surface area contributed by atoms with Gasteiger partial charge in [-0.1, -0.05) is 41.1 Å². The van der Waals surface area contributed by atoms with E-state index in [4.69, 9.17) is 18.9 Å². The van der Waals surface area contributed by atoms with E-state index in [1.165, 1.54) is 0 Å². The quantitative estimate of drug-likeness (QED) is 0.732. The third kappa shape index (κ3) is 3.73. The fraction of sp³-hybridized carbons (Fsp3) is 0.611. The molecule has 0 bridgehead atoms. The smallest absolute Gasteiger partial charge is 0.190 e. The number of rotatable bonds is 6. The first-order valence-corrected chi connectivity index (χ1v) is 9.09. The number of ether oxygens (including phenoxy) is 4. The fourth-order valence-electron chi connectivity index (χ4n) is 3.11. The first-order valence-electron chi connectivity index (χ1n) is 8.30. The van der Waals surface area contributed by atoms with Crippen LogP contribution in [0.25, 0.3) is 0 Å². The van der Waals surface area contributed by atoms with Gasteiger partial charge in [-0.15, -0.1) is 0 Å². The van der Waals surface area contributed by atoms with Crippen molar-refractivity contribution in [2.45, 2.75) is 70.6 Å². The van der Waals surface area contributed by atoms with Gasteiger partial charge in [0, 0.05) is 10.9 Å². The van der Waals surface area contributed by atoms with Crippen molar-refractivity contribution >= 4 is 21.7 Å². The van der Waals surface area contributed by atoms with Gasteiger partial charge < -0.3 is 18.9 Å². The molecule has 0 aromatic heterocycles. The first-order chi connectivity index (χ1) is 11.4. The molecule has 24 heavy (non-hydrogen) atoms. The molecule has 0 spiro atoms. The van der Waals surface area contributed by atoms with Crippen molar-refractivity contribution in [3.63, 3.8) is 0 Å². The molecular weight excluding hydrogens is 376 g/mol. The van der Waals surface area contributed by atoms with Crippen LogP contribution in [0.2, 0.25) is 0 Å². The third-order valence-electron chi connectivity index (χ3n) is 4.19. The lowest BCUT2D eigenvalue weighted by atomic mass is 10.0. The Morgan fingerprint density at radius 1 is 1.29 bits per heavy atom. The second-order valence-electron chi connectivity index (χ2n) is 6.61. The van der Waals surface area contributed by atoms with E-state index in [9.17, 15) is 4.79 Å². The van der Waals surface area contributed by atoms with E-state index < -0.39 is 30.4 Å². The van der Waals surface area contributed by atoms with Crippen LogP contribution in [-0.4, -0.2) is 36.2 Å². The Morgan fingerprint density at radius 3 is 2.75 bits per heavy atom. The van der Waals surface area contributed by atoms with Crippen molar-refractivity contribution < 1.29 is 23.7 Å². The third-order valence-corrected chi connectivity index (χ3v) is 4.97. The molecule has 0 saturated carbocycles. The van der Waals surface area contributed by atoms with Crippen LogP contribution in [0.4, 0.5) is 0 Å². The Balaban J connectivity index is 1.74. The lowest BCUT2D eigenvalue weighted by molar-refractivity contribution is -0.218. The fourth-order valence-corrected chi connectivity index (χ4v) is 3.51. The molecule has 2 saturated heterocycles. The molecule has 6 heteroatoms. The van der Waals surface area contributed by atoms with E-state index in [0.29, 0.717) is 13.0 Å². The minimum absolute atomic E-state index is 0.0361. The van der Waals surface area contributed by atoms with Crippen LogP contribution in [0, 0.1) is 0 Å². The van der Waals surface area contributed by atoms with Gasteiger partial charge in [-0.2, -0.15) is 0 Å².